The first-order valence-electron chi connectivity index (χ1n) is 9.39. The van der Waals surface area contributed by atoms with Gasteiger partial charge >= 0.3 is 6.11 Å². The van der Waals surface area contributed by atoms with Crippen molar-refractivity contribution in [2.45, 2.75) is 71.0 Å². The predicted octanol–water partition coefficient (Wildman–Crippen LogP) is 5.63. The molecule has 1 heterocycles. The number of aliphatic hydroxyl groups is 1. The topological polar surface area (TPSA) is 29.5 Å². The molecule has 0 radical (unpaired) electrons. The molecule has 1 N–H and O–H groups in total. The molecule has 140 valence electrons. The van der Waals surface area contributed by atoms with Gasteiger partial charge in [-0.2, -0.15) is 8.78 Å². The molecule has 2 unspecified atom stereocenters. The molecule has 0 spiro atoms. The van der Waals surface area contributed by atoms with Gasteiger partial charge in [0.15, 0.2) is 11.6 Å². The van der Waals surface area contributed by atoms with Crippen molar-refractivity contribution in [2.75, 3.05) is 0 Å². The van der Waals surface area contributed by atoms with Gasteiger partial charge in [0.2, 0.25) is 0 Å². The number of ether oxygens (including phenoxy) is 1. The van der Waals surface area contributed by atoms with Crippen LogP contribution in [0.15, 0.2) is 12.1 Å². The van der Waals surface area contributed by atoms with Crippen LogP contribution in [-0.2, 0) is 6.42 Å². The van der Waals surface area contributed by atoms with Crippen molar-refractivity contribution in [2.24, 2.45) is 17.8 Å². The van der Waals surface area contributed by atoms with Gasteiger partial charge in [0.1, 0.15) is 0 Å². The van der Waals surface area contributed by atoms with Crippen LogP contribution >= 0.6 is 0 Å². The highest BCUT2D eigenvalue weighted by atomic mass is 19.3. The molecule has 3 rings (SSSR count). The van der Waals surface area contributed by atoms with Gasteiger partial charge in [-0.05, 0) is 43.6 Å². The molecule has 1 aromatic rings. The summed E-state index contributed by atoms with van der Waals surface area (Å²) in [7, 11) is 0. The zero-order valence-electron chi connectivity index (χ0n) is 14.9. The number of rotatable bonds is 4. The third-order valence-electron chi connectivity index (χ3n) is 5.93. The molecule has 25 heavy (non-hydrogen) atoms. The SMILES string of the molecule is CCCC1CCC(C2Cc3ccc(C(C)O)c(F)c3OC2(F)F)CC1. The van der Waals surface area contributed by atoms with Crippen LogP contribution in [0.4, 0.5) is 13.2 Å². The molecule has 5 heteroatoms. The van der Waals surface area contributed by atoms with Crippen molar-refractivity contribution in [3.63, 3.8) is 0 Å². The van der Waals surface area contributed by atoms with Crippen molar-refractivity contribution >= 4 is 0 Å². The van der Waals surface area contributed by atoms with Gasteiger partial charge in [0.05, 0.1) is 12.0 Å². The third-order valence-corrected chi connectivity index (χ3v) is 5.93. The highest BCUT2D eigenvalue weighted by Gasteiger charge is 2.51. The monoisotopic (exact) mass is 356 g/mol. The minimum Gasteiger partial charge on any atom is -0.429 e. The van der Waals surface area contributed by atoms with Crippen LogP contribution in [0.3, 0.4) is 0 Å². The molecule has 1 fully saturated rings. The van der Waals surface area contributed by atoms with E-state index < -0.39 is 23.9 Å². The van der Waals surface area contributed by atoms with Gasteiger partial charge in [-0.1, -0.05) is 44.7 Å². The lowest BCUT2D eigenvalue weighted by Crippen LogP contribution is -2.45. The second-order valence-corrected chi connectivity index (χ2v) is 7.68. The van der Waals surface area contributed by atoms with Crippen LogP contribution in [0.25, 0.3) is 0 Å². The summed E-state index contributed by atoms with van der Waals surface area (Å²) in [6.07, 6.45) is 1.57. The molecule has 0 bridgehead atoms. The second kappa shape index (κ2) is 7.18. The van der Waals surface area contributed by atoms with Crippen LogP contribution in [-0.4, -0.2) is 11.2 Å². The molecular weight excluding hydrogens is 329 g/mol. The Morgan fingerprint density at radius 3 is 2.52 bits per heavy atom. The maximum atomic E-state index is 14.6. The van der Waals surface area contributed by atoms with E-state index in [0.29, 0.717) is 11.5 Å². The van der Waals surface area contributed by atoms with E-state index in [1.165, 1.54) is 19.4 Å². The predicted molar refractivity (Wildman–Crippen MR) is 90.2 cm³/mol. The van der Waals surface area contributed by atoms with Crippen LogP contribution in [0.1, 0.15) is 69.6 Å². The number of aliphatic hydroxyl groups excluding tert-OH is 1. The molecule has 0 saturated heterocycles. The standard InChI is InChI=1S/C20H27F3O2/c1-3-4-13-5-7-14(8-6-13)17-11-15-9-10-16(12(2)24)18(21)19(15)25-20(17,22)23/h9-10,12-14,17,24H,3-8,11H2,1-2H3. The molecule has 2 nitrogen and oxygen atoms in total. The van der Waals surface area contributed by atoms with Crippen molar-refractivity contribution in [1.29, 1.82) is 0 Å². The molecule has 1 aromatic carbocycles. The summed E-state index contributed by atoms with van der Waals surface area (Å²) in [5.74, 6) is -1.59. The Morgan fingerprint density at radius 2 is 1.92 bits per heavy atom. The largest absolute Gasteiger partial charge is 0.429 e. The highest BCUT2D eigenvalue weighted by molar-refractivity contribution is 5.42. The van der Waals surface area contributed by atoms with E-state index in [9.17, 15) is 18.3 Å². The number of hydrogen-bond acceptors (Lipinski definition) is 2. The summed E-state index contributed by atoms with van der Waals surface area (Å²) in [6.45, 7) is 3.56. The molecule has 2 atom stereocenters. The Balaban J connectivity index is 1.80. The molecule has 1 saturated carbocycles. The first-order valence-corrected chi connectivity index (χ1v) is 9.39. The summed E-state index contributed by atoms with van der Waals surface area (Å²) >= 11 is 0. The van der Waals surface area contributed by atoms with Gasteiger partial charge in [-0.3, -0.25) is 0 Å². The molecule has 2 aliphatic rings. The summed E-state index contributed by atoms with van der Waals surface area (Å²) < 4.78 is 48.6. The Labute approximate surface area is 147 Å². The molecular formula is C20H27F3O2. The number of hydrogen-bond donors (Lipinski definition) is 1. The Kier molecular flexibility index (Phi) is 5.33. The smallest absolute Gasteiger partial charge is 0.401 e. The quantitative estimate of drug-likeness (QED) is 0.758. The van der Waals surface area contributed by atoms with Gasteiger partial charge in [0.25, 0.3) is 0 Å². The van der Waals surface area contributed by atoms with E-state index >= 15 is 0 Å². The second-order valence-electron chi connectivity index (χ2n) is 7.68. The van der Waals surface area contributed by atoms with Crippen molar-refractivity contribution in [3.05, 3.63) is 29.1 Å². The molecule has 0 amide bonds. The Morgan fingerprint density at radius 1 is 1.24 bits per heavy atom. The summed E-state index contributed by atoms with van der Waals surface area (Å²) in [5.41, 5.74) is 0.474. The number of fused-ring (bicyclic) bond motifs is 1. The van der Waals surface area contributed by atoms with E-state index in [4.69, 9.17) is 4.74 Å². The lowest BCUT2D eigenvalue weighted by Gasteiger charge is -2.40. The number of benzene rings is 1. The zero-order chi connectivity index (χ0) is 18.2. The van der Waals surface area contributed by atoms with Gasteiger partial charge in [-0.25, -0.2) is 4.39 Å². The summed E-state index contributed by atoms with van der Waals surface area (Å²) in [6, 6.07) is 3.09. The molecule has 1 aliphatic carbocycles. The minimum atomic E-state index is -3.37. The van der Waals surface area contributed by atoms with Crippen molar-refractivity contribution < 1.29 is 23.0 Å². The van der Waals surface area contributed by atoms with Crippen molar-refractivity contribution in [1.82, 2.24) is 0 Å². The summed E-state index contributed by atoms with van der Waals surface area (Å²) in [5, 5.41) is 9.58. The average Bonchev–Trinajstić information content (AvgIpc) is 2.56. The highest BCUT2D eigenvalue weighted by Crippen LogP contribution is 2.48. The fraction of sp³-hybridized carbons (Fsp3) is 0.700. The van der Waals surface area contributed by atoms with Crippen LogP contribution in [0, 0.1) is 23.6 Å². The van der Waals surface area contributed by atoms with E-state index in [1.807, 2.05) is 0 Å². The van der Waals surface area contributed by atoms with E-state index in [0.717, 1.165) is 32.1 Å². The first kappa shape index (κ1) is 18.6. The normalized spacial score (nSPS) is 29.6. The lowest BCUT2D eigenvalue weighted by molar-refractivity contribution is -0.239. The maximum absolute atomic E-state index is 14.6. The van der Waals surface area contributed by atoms with Crippen LogP contribution in [0.2, 0.25) is 0 Å². The van der Waals surface area contributed by atoms with E-state index in [2.05, 4.69) is 6.92 Å². The van der Waals surface area contributed by atoms with Gasteiger partial charge in [0, 0.05) is 5.56 Å². The van der Waals surface area contributed by atoms with E-state index in [-0.39, 0.29) is 23.7 Å². The first-order chi connectivity index (χ1) is 11.8. The van der Waals surface area contributed by atoms with Gasteiger partial charge < -0.3 is 9.84 Å². The zero-order valence-corrected chi connectivity index (χ0v) is 14.9. The van der Waals surface area contributed by atoms with Crippen LogP contribution < -0.4 is 4.74 Å². The lowest BCUT2D eigenvalue weighted by atomic mass is 9.72. The Bertz CT molecular complexity index is 607. The fourth-order valence-corrected chi connectivity index (χ4v) is 4.50. The minimum absolute atomic E-state index is 0.00641. The summed E-state index contributed by atoms with van der Waals surface area (Å²) in [4.78, 5) is 0. The molecule has 0 aromatic heterocycles. The number of alkyl halides is 2. The van der Waals surface area contributed by atoms with Crippen molar-refractivity contribution in [3.8, 4) is 5.75 Å². The molecule has 1 aliphatic heterocycles. The maximum Gasteiger partial charge on any atom is 0.401 e. The average molecular weight is 356 g/mol. The number of halogens is 3. The third kappa shape index (κ3) is 3.67. The fourth-order valence-electron chi connectivity index (χ4n) is 4.50. The van der Waals surface area contributed by atoms with Crippen LogP contribution in [0.5, 0.6) is 5.75 Å². The van der Waals surface area contributed by atoms with Gasteiger partial charge in [-0.15, -0.1) is 0 Å². The van der Waals surface area contributed by atoms with E-state index in [1.54, 1.807) is 6.07 Å². The Hall–Kier alpha value is -1.23.